The van der Waals surface area contributed by atoms with Crippen molar-refractivity contribution in [1.29, 1.82) is 0 Å². The van der Waals surface area contributed by atoms with Crippen molar-refractivity contribution in [3.05, 3.63) is 17.7 Å². The van der Waals surface area contributed by atoms with Crippen LogP contribution in [-0.4, -0.2) is 57.9 Å². The Hall–Kier alpha value is -1.95. The van der Waals surface area contributed by atoms with Gasteiger partial charge in [-0.25, -0.2) is 4.79 Å². The van der Waals surface area contributed by atoms with Gasteiger partial charge in [0.2, 0.25) is 5.75 Å². The fraction of sp³-hybridized carbons (Fsp3) is 0.588. The first-order valence-electron chi connectivity index (χ1n) is 7.82. The maximum Gasteiger partial charge on any atom is 0.338 e. The van der Waals surface area contributed by atoms with Gasteiger partial charge in [-0.3, -0.25) is 4.90 Å². The molecular weight excluding hydrogens is 298 g/mol. The number of carbonyl (C=O) groups excluding carboxylic acids is 1. The Morgan fingerprint density at radius 2 is 1.65 bits per heavy atom. The summed E-state index contributed by atoms with van der Waals surface area (Å²) in [6.45, 7) is 4.82. The van der Waals surface area contributed by atoms with Crippen LogP contribution in [0.5, 0.6) is 17.2 Å². The van der Waals surface area contributed by atoms with Crippen LogP contribution in [-0.2, 0) is 4.74 Å². The Bertz CT molecular complexity index is 515. The lowest BCUT2D eigenvalue weighted by atomic mass is 10.2. The van der Waals surface area contributed by atoms with Gasteiger partial charge < -0.3 is 18.9 Å². The van der Waals surface area contributed by atoms with E-state index in [0.717, 1.165) is 19.6 Å². The van der Waals surface area contributed by atoms with Gasteiger partial charge in [0.05, 0.1) is 26.9 Å². The van der Waals surface area contributed by atoms with E-state index in [1.165, 1.54) is 34.2 Å². The molecule has 1 saturated heterocycles. The van der Waals surface area contributed by atoms with E-state index in [0.29, 0.717) is 22.8 Å². The van der Waals surface area contributed by atoms with Crippen molar-refractivity contribution in [2.24, 2.45) is 0 Å². The third-order valence-corrected chi connectivity index (χ3v) is 3.92. The number of ether oxygens (including phenoxy) is 4. The van der Waals surface area contributed by atoms with Crippen molar-refractivity contribution in [3.8, 4) is 17.2 Å². The Labute approximate surface area is 137 Å². The zero-order valence-corrected chi connectivity index (χ0v) is 14.3. The molecular formula is C17H25NO5. The van der Waals surface area contributed by atoms with Gasteiger partial charge in [-0.05, 0) is 45.0 Å². The lowest BCUT2D eigenvalue weighted by Gasteiger charge is -2.21. The first-order valence-corrected chi connectivity index (χ1v) is 7.82. The fourth-order valence-electron chi connectivity index (χ4n) is 2.82. The van der Waals surface area contributed by atoms with Crippen LogP contribution in [0.4, 0.5) is 0 Å². The third-order valence-electron chi connectivity index (χ3n) is 3.92. The first kappa shape index (κ1) is 17.4. The minimum atomic E-state index is -0.393. The van der Waals surface area contributed by atoms with E-state index in [9.17, 15) is 4.79 Å². The molecule has 1 atom stereocenters. The minimum Gasteiger partial charge on any atom is -0.493 e. The molecule has 0 saturated carbocycles. The first-order chi connectivity index (χ1) is 11.1. The fourth-order valence-corrected chi connectivity index (χ4v) is 2.82. The average Bonchev–Trinajstić information content (AvgIpc) is 3.05. The van der Waals surface area contributed by atoms with Crippen molar-refractivity contribution >= 4 is 5.97 Å². The van der Waals surface area contributed by atoms with Crippen molar-refractivity contribution < 1.29 is 23.7 Å². The molecule has 1 aromatic rings. The van der Waals surface area contributed by atoms with Crippen molar-refractivity contribution in [3.63, 3.8) is 0 Å². The molecule has 0 amide bonds. The molecule has 0 N–H and O–H groups in total. The van der Waals surface area contributed by atoms with Crippen molar-refractivity contribution in [2.75, 3.05) is 41.0 Å². The number of rotatable bonds is 7. The molecule has 6 heteroatoms. The zero-order valence-electron chi connectivity index (χ0n) is 14.3. The molecule has 0 unspecified atom stereocenters. The van der Waals surface area contributed by atoms with Crippen LogP contribution in [0.2, 0.25) is 0 Å². The van der Waals surface area contributed by atoms with Crippen LogP contribution < -0.4 is 14.2 Å². The molecule has 1 aliphatic heterocycles. The third kappa shape index (κ3) is 4.28. The second kappa shape index (κ2) is 8.06. The maximum atomic E-state index is 12.4. The van der Waals surface area contributed by atoms with E-state index in [2.05, 4.69) is 4.90 Å². The SMILES string of the molecule is COc1cc(C(=O)O[C@H](C)CN2CCCC2)cc(OC)c1OC. The summed E-state index contributed by atoms with van der Waals surface area (Å²) < 4.78 is 21.3. The molecule has 0 aliphatic carbocycles. The number of esters is 1. The lowest BCUT2D eigenvalue weighted by Crippen LogP contribution is -2.31. The van der Waals surface area contributed by atoms with Gasteiger partial charge in [-0.15, -0.1) is 0 Å². The molecule has 0 aromatic heterocycles. The second-order valence-electron chi connectivity index (χ2n) is 5.64. The van der Waals surface area contributed by atoms with Gasteiger partial charge in [0.25, 0.3) is 0 Å². The molecule has 1 fully saturated rings. The van der Waals surface area contributed by atoms with Crippen LogP contribution in [0.3, 0.4) is 0 Å². The Morgan fingerprint density at radius 1 is 1.09 bits per heavy atom. The topological polar surface area (TPSA) is 57.2 Å². The smallest absolute Gasteiger partial charge is 0.338 e. The number of benzene rings is 1. The van der Waals surface area contributed by atoms with Gasteiger partial charge in [-0.2, -0.15) is 0 Å². The van der Waals surface area contributed by atoms with Gasteiger partial charge >= 0.3 is 5.97 Å². The number of nitrogens with zero attached hydrogens (tertiary/aromatic N) is 1. The van der Waals surface area contributed by atoms with Crippen LogP contribution in [0.1, 0.15) is 30.1 Å². The van der Waals surface area contributed by atoms with Crippen molar-refractivity contribution in [1.82, 2.24) is 4.90 Å². The average molecular weight is 323 g/mol. The van der Waals surface area contributed by atoms with Gasteiger partial charge in [0, 0.05) is 6.54 Å². The Balaban J connectivity index is 2.08. The van der Waals surface area contributed by atoms with E-state index >= 15 is 0 Å². The monoisotopic (exact) mass is 323 g/mol. The molecule has 1 aromatic carbocycles. The minimum absolute atomic E-state index is 0.167. The number of methoxy groups -OCH3 is 3. The lowest BCUT2D eigenvalue weighted by molar-refractivity contribution is 0.0270. The summed E-state index contributed by atoms with van der Waals surface area (Å²) in [5, 5.41) is 0. The summed E-state index contributed by atoms with van der Waals surface area (Å²) in [6.07, 6.45) is 2.26. The molecule has 1 aliphatic rings. The molecule has 2 rings (SSSR count). The van der Waals surface area contributed by atoms with E-state index in [1.54, 1.807) is 12.1 Å². The number of carbonyl (C=O) groups is 1. The standard InChI is InChI=1S/C17H25NO5/c1-12(11-18-7-5-6-8-18)23-17(19)13-9-14(20-2)16(22-4)15(10-13)21-3/h9-10,12H,5-8,11H2,1-4H3/t12-/m1/s1. The summed E-state index contributed by atoms with van der Waals surface area (Å²) in [7, 11) is 4.56. The summed E-state index contributed by atoms with van der Waals surface area (Å²) in [6, 6.07) is 3.21. The second-order valence-corrected chi connectivity index (χ2v) is 5.64. The largest absolute Gasteiger partial charge is 0.493 e. The molecule has 1 heterocycles. The molecule has 0 spiro atoms. The highest BCUT2D eigenvalue weighted by Gasteiger charge is 2.21. The number of hydrogen-bond acceptors (Lipinski definition) is 6. The van der Waals surface area contributed by atoms with E-state index in [-0.39, 0.29) is 6.10 Å². The summed E-state index contributed by atoms with van der Waals surface area (Å²) >= 11 is 0. The highest BCUT2D eigenvalue weighted by Crippen LogP contribution is 2.38. The Kier molecular flexibility index (Phi) is 6.10. The van der Waals surface area contributed by atoms with Crippen LogP contribution in [0.25, 0.3) is 0 Å². The molecule has 6 nitrogen and oxygen atoms in total. The van der Waals surface area contributed by atoms with E-state index < -0.39 is 5.97 Å². The normalized spacial score (nSPS) is 16.0. The maximum absolute atomic E-state index is 12.4. The summed E-state index contributed by atoms with van der Waals surface area (Å²) in [5.41, 5.74) is 0.382. The van der Waals surface area contributed by atoms with Crippen molar-refractivity contribution in [2.45, 2.75) is 25.9 Å². The molecule has 0 bridgehead atoms. The van der Waals surface area contributed by atoms with Gasteiger partial charge in [-0.1, -0.05) is 0 Å². The summed E-state index contributed by atoms with van der Waals surface area (Å²) in [4.78, 5) is 14.7. The predicted molar refractivity (Wildman–Crippen MR) is 86.6 cm³/mol. The van der Waals surface area contributed by atoms with E-state index in [1.807, 2.05) is 6.92 Å². The highest BCUT2D eigenvalue weighted by molar-refractivity contribution is 5.91. The van der Waals surface area contributed by atoms with Crippen LogP contribution >= 0.6 is 0 Å². The predicted octanol–water partition coefficient (Wildman–Crippen LogP) is 2.35. The zero-order chi connectivity index (χ0) is 16.8. The number of hydrogen-bond donors (Lipinski definition) is 0. The molecule has 0 radical (unpaired) electrons. The van der Waals surface area contributed by atoms with Gasteiger partial charge in [0.15, 0.2) is 11.5 Å². The molecule has 23 heavy (non-hydrogen) atoms. The van der Waals surface area contributed by atoms with Gasteiger partial charge in [0.1, 0.15) is 6.10 Å². The van der Waals surface area contributed by atoms with E-state index in [4.69, 9.17) is 18.9 Å². The Morgan fingerprint density at radius 3 is 2.13 bits per heavy atom. The van der Waals surface area contributed by atoms with Crippen LogP contribution in [0.15, 0.2) is 12.1 Å². The molecule has 128 valence electrons. The summed E-state index contributed by atoms with van der Waals surface area (Å²) in [5.74, 6) is 0.935. The number of likely N-dealkylation sites (tertiary alicyclic amines) is 1. The highest BCUT2D eigenvalue weighted by atomic mass is 16.5. The van der Waals surface area contributed by atoms with Crippen LogP contribution in [0, 0.1) is 0 Å². The quantitative estimate of drug-likeness (QED) is 0.718.